The molecule has 0 saturated carbocycles. The van der Waals surface area contributed by atoms with Crippen molar-refractivity contribution in [3.8, 4) is 17.1 Å². The van der Waals surface area contributed by atoms with Crippen LogP contribution in [-0.4, -0.2) is 13.7 Å². The minimum atomic E-state index is 0.924. The molecule has 21 rings (SSSR count). The van der Waals surface area contributed by atoms with E-state index in [2.05, 4.69) is 287 Å². The quantitative estimate of drug-likeness (QED) is 0.177. The number of hydrogen-bond acceptors (Lipinski definition) is 3. The summed E-state index contributed by atoms with van der Waals surface area (Å²) in [5.41, 5.74) is 16.4. The van der Waals surface area contributed by atoms with Gasteiger partial charge in [0.05, 0.1) is 60.9 Å². The summed E-state index contributed by atoms with van der Waals surface area (Å²) in [5.74, 6) is 0. The molecule has 0 fully saturated rings. The van der Waals surface area contributed by atoms with Gasteiger partial charge in [-0.1, -0.05) is 218 Å². The lowest BCUT2D eigenvalue weighted by Gasteiger charge is -2.12. The highest BCUT2D eigenvalue weighted by Gasteiger charge is 2.23. The normalized spacial score (nSPS) is 12.0. The van der Waals surface area contributed by atoms with Crippen LogP contribution in [0.1, 0.15) is 0 Å². The van der Waals surface area contributed by atoms with Crippen LogP contribution in [0.2, 0.25) is 0 Å². The van der Waals surface area contributed by atoms with Gasteiger partial charge in [-0.3, -0.25) is 0 Å². The maximum atomic E-state index is 6.40. The zero-order valence-electron chi connectivity index (χ0n) is 48.5. The number of hydrogen-bond donors (Lipinski definition) is 0. The summed E-state index contributed by atoms with van der Waals surface area (Å²) < 4.78 is 26.0. The molecule has 6 heteroatoms. The van der Waals surface area contributed by atoms with Crippen LogP contribution in [0.25, 0.3) is 181 Å². The van der Waals surface area contributed by atoms with Crippen molar-refractivity contribution < 1.29 is 13.3 Å². The van der Waals surface area contributed by atoms with Gasteiger partial charge in [-0.15, -0.1) is 0 Å². The lowest BCUT2D eigenvalue weighted by molar-refractivity contribution is 0.669. The van der Waals surface area contributed by atoms with Gasteiger partial charge in [0.2, 0.25) is 0 Å². The van der Waals surface area contributed by atoms with E-state index in [9.17, 15) is 0 Å². The van der Waals surface area contributed by atoms with Gasteiger partial charge in [-0.25, -0.2) is 0 Å². The van der Waals surface area contributed by atoms with E-state index in [4.69, 9.17) is 13.3 Å². The van der Waals surface area contributed by atoms with Crippen LogP contribution in [0.4, 0.5) is 0 Å². The molecule has 6 aromatic heterocycles. The second kappa shape index (κ2) is 19.7. The van der Waals surface area contributed by atoms with Crippen LogP contribution in [-0.2, 0) is 0 Å². The predicted octanol–water partition coefficient (Wildman–Crippen LogP) is 23.5. The standard InChI is InChI=1S/3C28H17NO/c1-2-10-19-18(8-1)9-7-14-23(19)29-24-13-5-3-12-22(24)27-25(29)17-16-21-20-11-4-6-15-26(20)30-28(21)27;1-2-10-19-18(8-1)9-7-14-23(19)29-24-13-5-3-11-20(24)21-16-17-26-27(28(21)29)22-12-4-6-15-25(22)30-26;1-2-10-19-18(8-1)9-7-14-22(19)29-23-13-5-3-11-20(23)27-24(29)16-17-26-28(27)21-12-4-6-15-25(21)30-26/h3*1-17H. The molecule has 6 nitrogen and oxygen atoms in total. The van der Waals surface area contributed by atoms with Gasteiger partial charge < -0.3 is 27.0 Å². The molecule has 0 aliphatic carbocycles. The van der Waals surface area contributed by atoms with Gasteiger partial charge >= 0.3 is 0 Å². The fraction of sp³-hybridized carbons (Fsp3) is 0. The van der Waals surface area contributed by atoms with E-state index in [1.54, 1.807) is 0 Å². The van der Waals surface area contributed by atoms with E-state index in [0.717, 1.165) is 44.3 Å². The summed E-state index contributed by atoms with van der Waals surface area (Å²) in [6.45, 7) is 0. The van der Waals surface area contributed by atoms with Crippen molar-refractivity contribution in [2.45, 2.75) is 0 Å². The monoisotopic (exact) mass is 1150 g/mol. The third kappa shape index (κ3) is 7.39. The van der Waals surface area contributed by atoms with Crippen LogP contribution in [0, 0.1) is 0 Å². The highest BCUT2D eigenvalue weighted by atomic mass is 16.3. The molecule has 0 aliphatic rings. The number of benzene rings is 15. The van der Waals surface area contributed by atoms with Gasteiger partial charge in [0.1, 0.15) is 33.5 Å². The molecule has 15 aromatic carbocycles. The van der Waals surface area contributed by atoms with E-state index in [1.165, 1.54) is 136 Å². The first-order valence-corrected chi connectivity index (χ1v) is 30.6. The van der Waals surface area contributed by atoms with Crippen LogP contribution in [0.3, 0.4) is 0 Å². The molecule has 0 spiro atoms. The number of fused-ring (bicyclic) bond motifs is 24. The summed E-state index contributed by atoms with van der Waals surface area (Å²) in [7, 11) is 0. The Morgan fingerprint density at radius 3 is 1.11 bits per heavy atom. The number of furan rings is 3. The van der Waals surface area contributed by atoms with E-state index < -0.39 is 0 Å². The maximum Gasteiger partial charge on any atom is 0.145 e. The third-order valence-electron chi connectivity index (χ3n) is 18.6. The molecule has 420 valence electrons. The predicted molar refractivity (Wildman–Crippen MR) is 377 cm³/mol. The molecule has 0 radical (unpaired) electrons. The Bertz CT molecular complexity index is 6470. The molecule has 0 bridgehead atoms. The molecule has 21 aromatic rings. The second-order valence-electron chi connectivity index (χ2n) is 23.4. The van der Waals surface area contributed by atoms with Crippen LogP contribution in [0.15, 0.2) is 323 Å². The van der Waals surface area contributed by atoms with Crippen LogP contribution < -0.4 is 0 Å². The zero-order valence-corrected chi connectivity index (χ0v) is 48.5. The lowest BCUT2D eigenvalue weighted by atomic mass is 10.1. The Hall–Kier alpha value is -12.1. The van der Waals surface area contributed by atoms with E-state index >= 15 is 0 Å². The van der Waals surface area contributed by atoms with Crippen molar-refractivity contribution in [3.05, 3.63) is 309 Å². The minimum Gasteiger partial charge on any atom is -0.456 e. The van der Waals surface area contributed by atoms with E-state index in [-0.39, 0.29) is 0 Å². The highest BCUT2D eigenvalue weighted by molar-refractivity contribution is 6.29. The molecular weight excluding hydrogens is 1100 g/mol. The van der Waals surface area contributed by atoms with Gasteiger partial charge in [-0.05, 0) is 107 Å². The van der Waals surface area contributed by atoms with Crippen molar-refractivity contribution >= 4 is 164 Å². The molecule has 0 aliphatic heterocycles. The number of rotatable bonds is 3. The first-order valence-electron chi connectivity index (χ1n) is 30.6. The Morgan fingerprint density at radius 2 is 0.544 bits per heavy atom. The molecule has 0 atom stereocenters. The average Bonchev–Trinajstić information content (AvgIpc) is 1.63. The zero-order chi connectivity index (χ0) is 59.0. The van der Waals surface area contributed by atoms with Gasteiger partial charge in [0, 0.05) is 70.0 Å². The van der Waals surface area contributed by atoms with Crippen LogP contribution >= 0.6 is 0 Å². The molecule has 0 amide bonds. The van der Waals surface area contributed by atoms with E-state index in [1.807, 2.05) is 36.4 Å². The van der Waals surface area contributed by atoms with Crippen molar-refractivity contribution in [2.75, 3.05) is 0 Å². The Morgan fingerprint density at radius 1 is 0.178 bits per heavy atom. The molecule has 0 saturated heterocycles. The summed E-state index contributed by atoms with van der Waals surface area (Å²) in [6, 6.07) is 109. The van der Waals surface area contributed by atoms with Crippen molar-refractivity contribution in [1.29, 1.82) is 0 Å². The van der Waals surface area contributed by atoms with Crippen LogP contribution in [0.5, 0.6) is 0 Å². The Labute approximate surface area is 514 Å². The summed E-state index contributed by atoms with van der Waals surface area (Å²) in [4.78, 5) is 0. The minimum absolute atomic E-state index is 0.924. The lowest BCUT2D eigenvalue weighted by Crippen LogP contribution is -1.95. The molecule has 0 N–H and O–H groups in total. The summed E-state index contributed by atoms with van der Waals surface area (Å²) >= 11 is 0. The van der Waals surface area contributed by atoms with Gasteiger partial charge in [0.15, 0.2) is 0 Å². The fourth-order valence-electron chi connectivity index (χ4n) is 14.8. The van der Waals surface area contributed by atoms with Crippen molar-refractivity contribution in [3.63, 3.8) is 0 Å². The molecule has 6 heterocycles. The SMILES string of the molecule is c1ccc2c(-n3c4ccccc4c4c5c(ccc43)oc3ccccc35)cccc2c1.c1ccc2c(-n3c4ccccc4c4c5oc6ccccc6c5ccc43)cccc2c1.c1ccc2c(-n3c4ccccc4c4ccc5oc6ccccc6c5c43)cccc2c1. The molecule has 0 unspecified atom stereocenters. The molecular formula is C84H51N3O3. The number of para-hydroxylation sites is 6. The average molecular weight is 1150 g/mol. The maximum absolute atomic E-state index is 6.40. The Balaban J connectivity index is 0.0000000972. The smallest absolute Gasteiger partial charge is 0.145 e. The van der Waals surface area contributed by atoms with Crippen molar-refractivity contribution in [1.82, 2.24) is 13.7 Å². The summed E-state index contributed by atoms with van der Waals surface area (Å²) in [6.07, 6.45) is 0. The van der Waals surface area contributed by atoms with Gasteiger partial charge in [0.25, 0.3) is 0 Å². The first kappa shape index (κ1) is 50.1. The van der Waals surface area contributed by atoms with Gasteiger partial charge in [-0.2, -0.15) is 0 Å². The van der Waals surface area contributed by atoms with Crippen molar-refractivity contribution in [2.24, 2.45) is 0 Å². The largest absolute Gasteiger partial charge is 0.456 e. The number of aromatic nitrogens is 3. The fourth-order valence-corrected chi connectivity index (χ4v) is 14.8. The second-order valence-corrected chi connectivity index (χ2v) is 23.4. The molecule has 90 heavy (non-hydrogen) atoms. The topological polar surface area (TPSA) is 54.2 Å². The number of nitrogens with zero attached hydrogens (tertiary/aromatic N) is 3. The third-order valence-corrected chi connectivity index (χ3v) is 18.6. The first-order chi connectivity index (χ1) is 44.7. The highest BCUT2D eigenvalue weighted by Crippen LogP contribution is 2.46. The Kier molecular flexibility index (Phi) is 11.0. The van der Waals surface area contributed by atoms with E-state index in [0.29, 0.717) is 0 Å². The summed E-state index contributed by atoms with van der Waals surface area (Å²) in [5, 5.41) is 21.9.